The fourth-order valence-electron chi connectivity index (χ4n) is 3.87. The van der Waals surface area contributed by atoms with Crippen molar-refractivity contribution in [1.29, 1.82) is 0 Å². The van der Waals surface area contributed by atoms with Gasteiger partial charge < -0.3 is 4.74 Å². The molecule has 1 atom stereocenters. The predicted octanol–water partition coefficient (Wildman–Crippen LogP) is 4.21. The zero-order valence-electron chi connectivity index (χ0n) is 16.1. The van der Waals surface area contributed by atoms with Gasteiger partial charge in [0, 0.05) is 16.5 Å². The van der Waals surface area contributed by atoms with Crippen molar-refractivity contribution in [2.75, 3.05) is 7.11 Å². The van der Waals surface area contributed by atoms with Gasteiger partial charge in [0.05, 0.1) is 18.7 Å². The van der Waals surface area contributed by atoms with E-state index in [4.69, 9.17) is 4.74 Å². The third kappa shape index (κ3) is 2.91. The number of rotatable bonds is 4. The molecule has 3 aromatic rings. The van der Waals surface area contributed by atoms with Crippen LogP contribution in [0.5, 0.6) is 0 Å². The summed E-state index contributed by atoms with van der Waals surface area (Å²) in [5, 5.41) is 1.45. The largest absolute Gasteiger partial charge is 0.466 e. The Kier molecular flexibility index (Phi) is 4.51. The molecule has 0 saturated carbocycles. The molecule has 0 fully saturated rings. The average Bonchev–Trinajstić information content (AvgIpc) is 2.73. The molecule has 0 spiro atoms. The van der Waals surface area contributed by atoms with E-state index in [0.29, 0.717) is 22.1 Å². The quantitative estimate of drug-likeness (QED) is 0.383. The van der Waals surface area contributed by atoms with Crippen LogP contribution in [-0.4, -0.2) is 29.8 Å². The topological polar surface area (TPSA) is 63.7 Å². The number of hydrogen-bond donors (Lipinski definition) is 0. The van der Waals surface area contributed by atoms with Crippen LogP contribution in [0.15, 0.2) is 72.8 Å². The average molecular weight is 385 g/mol. The molecule has 5 nitrogen and oxygen atoms in total. The number of nitrogens with zero attached hydrogens (tertiary/aromatic N) is 1. The lowest BCUT2D eigenvalue weighted by atomic mass is 9.89. The van der Waals surface area contributed by atoms with Gasteiger partial charge in [-0.1, -0.05) is 60.7 Å². The van der Waals surface area contributed by atoms with E-state index in [1.807, 2.05) is 37.3 Å². The molecule has 4 rings (SSSR count). The summed E-state index contributed by atoms with van der Waals surface area (Å²) in [6.45, 7) is 5.76. The molecular formula is C24H19NO4. The molecule has 0 unspecified atom stereocenters. The summed E-state index contributed by atoms with van der Waals surface area (Å²) >= 11 is 0. The number of benzene rings is 3. The monoisotopic (exact) mass is 385 g/mol. The van der Waals surface area contributed by atoms with E-state index >= 15 is 0 Å². The lowest BCUT2D eigenvalue weighted by Gasteiger charge is -2.34. The molecule has 144 valence electrons. The Labute approximate surface area is 168 Å². The number of imide groups is 1. The number of aryl methyl sites for hydroxylation is 1. The van der Waals surface area contributed by atoms with Gasteiger partial charge in [0.1, 0.15) is 0 Å². The number of hydrogen-bond acceptors (Lipinski definition) is 4. The van der Waals surface area contributed by atoms with E-state index in [1.54, 1.807) is 30.3 Å². The van der Waals surface area contributed by atoms with Gasteiger partial charge in [-0.3, -0.25) is 14.5 Å². The first-order valence-electron chi connectivity index (χ1n) is 9.17. The molecule has 0 radical (unpaired) electrons. The van der Waals surface area contributed by atoms with E-state index in [1.165, 1.54) is 7.11 Å². The highest BCUT2D eigenvalue weighted by Gasteiger charge is 2.40. The zero-order valence-corrected chi connectivity index (χ0v) is 16.1. The molecule has 1 aliphatic rings. The highest BCUT2D eigenvalue weighted by Crippen LogP contribution is 2.37. The number of amides is 2. The third-order valence-electron chi connectivity index (χ3n) is 5.20. The first-order chi connectivity index (χ1) is 13.9. The van der Waals surface area contributed by atoms with E-state index in [9.17, 15) is 14.4 Å². The Morgan fingerprint density at radius 2 is 1.55 bits per heavy atom. The van der Waals surface area contributed by atoms with Crippen LogP contribution < -0.4 is 0 Å². The van der Waals surface area contributed by atoms with Gasteiger partial charge in [0.15, 0.2) is 0 Å². The highest BCUT2D eigenvalue weighted by atomic mass is 16.5. The van der Waals surface area contributed by atoms with E-state index in [2.05, 4.69) is 6.58 Å². The Hall–Kier alpha value is -3.73. The van der Waals surface area contributed by atoms with Gasteiger partial charge in [0.2, 0.25) is 0 Å². The van der Waals surface area contributed by atoms with Gasteiger partial charge in [-0.25, -0.2) is 4.79 Å². The normalized spacial score (nSPS) is 14.1. The minimum Gasteiger partial charge on any atom is -0.466 e. The summed E-state index contributed by atoms with van der Waals surface area (Å²) < 4.78 is 4.85. The van der Waals surface area contributed by atoms with Gasteiger partial charge in [-0.2, -0.15) is 0 Å². The standard InChI is InChI=1S/C24H19NO4/c1-14-7-4-10-17(13-14)21(15(2)24(28)29-3)25-22(26)18-11-5-8-16-9-6-12-19(20(16)18)23(25)27/h4-13,21H,2H2,1,3H3/t21-/m0/s1. The van der Waals surface area contributed by atoms with Gasteiger partial charge in [0.25, 0.3) is 11.8 Å². The third-order valence-corrected chi connectivity index (χ3v) is 5.20. The van der Waals surface area contributed by atoms with E-state index in [0.717, 1.165) is 15.8 Å². The molecular weight excluding hydrogens is 366 g/mol. The minimum absolute atomic E-state index is 0.0198. The molecule has 0 saturated heterocycles. The van der Waals surface area contributed by atoms with Crippen molar-refractivity contribution >= 4 is 28.6 Å². The van der Waals surface area contributed by atoms with Crippen molar-refractivity contribution < 1.29 is 19.1 Å². The molecule has 0 aromatic heterocycles. The second-order valence-electron chi connectivity index (χ2n) is 7.02. The molecule has 0 aliphatic carbocycles. The van der Waals surface area contributed by atoms with Crippen LogP contribution in [-0.2, 0) is 9.53 Å². The van der Waals surface area contributed by atoms with Crippen LogP contribution in [0.25, 0.3) is 10.8 Å². The van der Waals surface area contributed by atoms with Crippen molar-refractivity contribution in [2.24, 2.45) is 0 Å². The maximum Gasteiger partial charge on any atom is 0.335 e. The molecule has 1 heterocycles. The van der Waals surface area contributed by atoms with Crippen LogP contribution in [0, 0.1) is 6.92 Å². The van der Waals surface area contributed by atoms with Gasteiger partial charge >= 0.3 is 5.97 Å². The molecule has 0 bridgehead atoms. The van der Waals surface area contributed by atoms with Crippen molar-refractivity contribution in [3.05, 3.63) is 95.1 Å². The summed E-state index contributed by atoms with van der Waals surface area (Å²) in [6, 6.07) is 17.0. The summed E-state index contributed by atoms with van der Waals surface area (Å²) in [5.74, 6) is -1.60. The molecule has 5 heteroatoms. The molecule has 2 amide bonds. The Morgan fingerprint density at radius 3 is 2.10 bits per heavy atom. The highest BCUT2D eigenvalue weighted by molar-refractivity contribution is 6.26. The SMILES string of the molecule is C=C(C(=O)OC)[C@@H](c1cccc(C)c1)N1C(=O)c2cccc3cccc(c23)C1=O. The number of carbonyl (C=O) groups is 3. The van der Waals surface area contributed by atoms with E-state index in [-0.39, 0.29) is 5.57 Å². The molecule has 1 aliphatic heterocycles. The minimum atomic E-state index is -0.967. The maximum atomic E-state index is 13.4. The lowest BCUT2D eigenvalue weighted by molar-refractivity contribution is -0.136. The fraction of sp³-hybridized carbons (Fsp3) is 0.125. The van der Waals surface area contributed by atoms with Crippen LogP contribution in [0.3, 0.4) is 0 Å². The van der Waals surface area contributed by atoms with Crippen LogP contribution in [0.4, 0.5) is 0 Å². The van der Waals surface area contributed by atoms with Crippen molar-refractivity contribution in [3.63, 3.8) is 0 Å². The zero-order chi connectivity index (χ0) is 20.7. The van der Waals surface area contributed by atoms with Crippen molar-refractivity contribution in [1.82, 2.24) is 4.90 Å². The fourth-order valence-corrected chi connectivity index (χ4v) is 3.87. The second-order valence-corrected chi connectivity index (χ2v) is 7.02. The van der Waals surface area contributed by atoms with Crippen molar-refractivity contribution in [2.45, 2.75) is 13.0 Å². The van der Waals surface area contributed by atoms with Gasteiger partial charge in [-0.05, 0) is 30.0 Å². The second kappa shape index (κ2) is 7.02. The molecule has 3 aromatic carbocycles. The summed E-state index contributed by atoms with van der Waals surface area (Å²) in [4.78, 5) is 40.3. The smallest absolute Gasteiger partial charge is 0.335 e. The first-order valence-corrected chi connectivity index (χ1v) is 9.17. The van der Waals surface area contributed by atoms with Crippen LogP contribution >= 0.6 is 0 Å². The lowest BCUT2D eigenvalue weighted by Crippen LogP contribution is -2.44. The number of ether oxygens (including phenoxy) is 1. The molecule has 0 N–H and O–H groups in total. The number of carbonyl (C=O) groups excluding carboxylic acids is 3. The molecule has 29 heavy (non-hydrogen) atoms. The first kappa shape index (κ1) is 18.6. The number of methoxy groups -OCH3 is 1. The Bertz CT molecular complexity index is 1140. The predicted molar refractivity (Wildman–Crippen MR) is 110 cm³/mol. The van der Waals surface area contributed by atoms with E-state index < -0.39 is 23.8 Å². The summed E-state index contributed by atoms with van der Waals surface area (Å²) in [7, 11) is 1.25. The Morgan fingerprint density at radius 1 is 0.966 bits per heavy atom. The van der Waals surface area contributed by atoms with Crippen LogP contribution in [0.1, 0.15) is 37.9 Å². The number of esters is 1. The van der Waals surface area contributed by atoms with Crippen LogP contribution in [0.2, 0.25) is 0 Å². The summed E-state index contributed by atoms with van der Waals surface area (Å²) in [5.41, 5.74) is 2.42. The summed E-state index contributed by atoms with van der Waals surface area (Å²) in [6.07, 6.45) is 0. The van der Waals surface area contributed by atoms with Crippen molar-refractivity contribution in [3.8, 4) is 0 Å². The maximum absolute atomic E-state index is 13.4. The Balaban J connectivity index is 1.94. The van der Waals surface area contributed by atoms with Gasteiger partial charge in [-0.15, -0.1) is 0 Å².